The van der Waals surface area contributed by atoms with Crippen LogP contribution < -0.4 is 5.32 Å². The standard InChI is InChI=1S/C12H15BrN2O4/c1-19-6-9(12(17)18)14-11(16)10-4-7(13)5-15(10)8-2-3-8/h4-5,8-9H,2-3,6H2,1H3,(H,14,16)(H,17,18). The molecule has 7 heteroatoms. The molecule has 0 saturated heterocycles. The molecular formula is C12H15BrN2O4. The Labute approximate surface area is 118 Å². The highest BCUT2D eigenvalue weighted by atomic mass is 79.9. The smallest absolute Gasteiger partial charge is 0.328 e. The van der Waals surface area contributed by atoms with E-state index in [-0.39, 0.29) is 6.61 Å². The first-order valence-corrected chi connectivity index (χ1v) is 6.72. The number of ether oxygens (including phenoxy) is 1. The van der Waals surface area contributed by atoms with E-state index in [9.17, 15) is 9.59 Å². The number of amides is 1. The minimum absolute atomic E-state index is 0.0631. The number of carboxylic acids is 1. The van der Waals surface area contributed by atoms with Crippen LogP contribution >= 0.6 is 15.9 Å². The predicted octanol–water partition coefficient (Wildman–Crippen LogP) is 1.41. The van der Waals surface area contributed by atoms with Crippen molar-refractivity contribution in [2.75, 3.05) is 13.7 Å². The number of aromatic nitrogens is 1. The second-order valence-corrected chi connectivity index (χ2v) is 5.42. The molecule has 0 bridgehead atoms. The number of carboxylic acid groups (broad SMARTS) is 1. The van der Waals surface area contributed by atoms with Crippen LogP contribution in [0.2, 0.25) is 0 Å². The molecule has 6 nitrogen and oxygen atoms in total. The molecule has 0 aromatic carbocycles. The van der Waals surface area contributed by atoms with Crippen molar-refractivity contribution in [2.45, 2.75) is 24.9 Å². The fraction of sp³-hybridized carbons (Fsp3) is 0.500. The van der Waals surface area contributed by atoms with Crippen molar-refractivity contribution in [2.24, 2.45) is 0 Å². The van der Waals surface area contributed by atoms with E-state index in [1.165, 1.54) is 7.11 Å². The number of nitrogens with one attached hydrogen (secondary N) is 1. The number of nitrogens with zero attached hydrogens (tertiary/aromatic N) is 1. The van der Waals surface area contributed by atoms with Crippen LogP contribution in [-0.4, -0.2) is 41.3 Å². The third-order valence-corrected chi connectivity index (χ3v) is 3.36. The Kier molecular flexibility index (Phi) is 4.26. The zero-order valence-corrected chi connectivity index (χ0v) is 12.0. The molecule has 1 atom stereocenters. The highest BCUT2D eigenvalue weighted by Crippen LogP contribution is 2.37. The highest BCUT2D eigenvalue weighted by Gasteiger charge is 2.29. The van der Waals surface area contributed by atoms with Gasteiger partial charge in [0.15, 0.2) is 6.04 Å². The molecule has 2 rings (SSSR count). The van der Waals surface area contributed by atoms with E-state index in [0.717, 1.165) is 17.3 Å². The fourth-order valence-corrected chi connectivity index (χ4v) is 2.29. The van der Waals surface area contributed by atoms with Crippen molar-refractivity contribution in [1.29, 1.82) is 0 Å². The summed E-state index contributed by atoms with van der Waals surface area (Å²) in [6.45, 7) is -0.0631. The van der Waals surface area contributed by atoms with E-state index in [1.54, 1.807) is 6.07 Å². The molecule has 0 aliphatic heterocycles. The molecule has 1 fully saturated rings. The number of hydrogen-bond acceptors (Lipinski definition) is 3. The van der Waals surface area contributed by atoms with Crippen molar-refractivity contribution in [1.82, 2.24) is 9.88 Å². The average Bonchev–Trinajstić information content (AvgIpc) is 3.11. The normalized spacial score (nSPS) is 16.1. The Bertz CT molecular complexity index is 496. The van der Waals surface area contributed by atoms with Gasteiger partial charge in [-0.15, -0.1) is 0 Å². The second-order valence-electron chi connectivity index (χ2n) is 4.50. The quantitative estimate of drug-likeness (QED) is 0.826. The molecule has 1 aromatic rings. The van der Waals surface area contributed by atoms with Crippen LogP contribution in [0.3, 0.4) is 0 Å². The molecule has 0 radical (unpaired) electrons. The molecule has 1 aliphatic carbocycles. The van der Waals surface area contributed by atoms with E-state index in [2.05, 4.69) is 21.2 Å². The van der Waals surface area contributed by atoms with Gasteiger partial charge in [0, 0.05) is 23.8 Å². The maximum atomic E-state index is 12.1. The topological polar surface area (TPSA) is 80.6 Å². The van der Waals surface area contributed by atoms with Crippen LogP contribution in [0.1, 0.15) is 29.4 Å². The van der Waals surface area contributed by atoms with Gasteiger partial charge in [-0.1, -0.05) is 0 Å². The van der Waals surface area contributed by atoms with Crippen LogP contribution in [-0.2, 0) is 9.53 Å². The SMILES string of the molecule is COCC(NC(=O)c1cc(Br)cn1C1CC1)C(=O)O. The lowest BCUT2D eigenvalue weighted by molar-refractivity contribution is -0.140. The third kappa shape index (κ3) is 3.36. The largest absolute Gasteiger partial charge is 0.480 e. The molecule has 1 aromatic heterocycles. The Balaban J connectivity index is 2.12. The van der Waals surface area contributed by atoms with Crippen LogP contribution in [0.15, 0.2) is 16.7 Å². The van der Waals surface area contributed by atoms with Gasteiger partial charge in [0.1, 0.15) is 5.69 Å². The van der Waals surface area contributed by atoms with E-state index < -0.39 is 17.9 Å². The monoisotopic (exact) mass is 330 g/mol. The van der Waals surface area contributed by atoms with Gasteiger partial charge >= 0.3 is 5.97 Å². The van der Waals surface area contributed by atoms with Gasteiger partial charge in [-0.05, 0) is 34.8 Å². The van der Waals surface area contributed by atoms with Crippen molar-refractivity contribution < 1.29 is 19.4 Å². The zero-order valence-electron chi connectivity index (χ0n) is 10.4. The van der Waals surface area contributed by atoms with Crippen molar-refractivity contribution in [3.8, 4) is 0 Å². The van der Waals surface area contributed by atoms with Gasteiger partial charge in [-0.25, -0.2) is 4.79 Å². The summed E-state index contributed by atoms with van der Waals surface area (Å²) in [5.74, 6) is -1.51. The van der Waals surface area contributed by atoms with E-state index in [4.69, 9.17) is 9.84 Å². The first kappa shape index (κ1) is 14.1. The van der Waals surface area contributed by atoms with Crippen molar-refractivity contribution in [3.63, 3.8) is 0 Å². The Morgan fingerprint density at radius 2 is 2.32 bits per heavy atom. The molecule has 0 spiro atoms. The number of aliphatic carboxylic acids is 1. The molecule has 2 N–H and O–H groups in total. The summed E-state index contributed by atoms with van der Waals surface area (Å²) in [4.78, 5) is 23.1. The number of carbonyl (C=O) groups is 2. The van der Waals surface area contributed by atoms with Gasteiger partial charge < -0.3 is 19.7 Å². The van der Waals surface area contributed by atoms with Crippen LogP contribution in [0, 0.1) is 0 Å². The average molecular weight is 331 g/mol. The minimum atomic E-state index is -1.11. The number of carbonyl (C=O) groups excluding carboxylic acids is 1. The van der Waals surface area contributed by atoms with Gasteiger partial charge in [0.2, 0.25) is 0 Å². The first-order valence-electron chi connectivity index (χ1n) is 5.93. The Morgan fingerprint density at radius 3 is 2.84 bits per heavy atom. The van der Waals surface area contributed by atoms with Crippen LogP contribution in [0.5, 0.6) is 0 Å². The fourth-order valence-electron chi connectivity index (χ4n) is 1.86. The third-order valence-electron chi connectivity index (χ3n) is 2.92. The Hall–Kier alpha value is -1.34. The summed E-state index contributed by atoms with van der Waals surface area (Å²) in [6.07, 6.45) is 3.93. The van der Waals surface area contributed by atoms with Crippen LogP contribution in [0.4, 0.5) is 0 Å². The van der Waals surface area contributed by atoms with Gasteiger partial charge in [0.25, 0.3) is 5.91 Å². The molecular weight excluding hydrogens is 316 g/mol. The Morgan fingerprint density at radius 1 is 1.63 bits per heavy atom. The molecule has 1 saturated carbocycles. The molecule has 1 unspecified atom stereocenters. The molecule has 19 heavy (non-hydrogen) atoms. The number of halogens is 1. The first-order chi connectivity index (χ1) is 9.02. The lowest BCUT2D eigenvalue weighted by Gasteiger charge is -2.14. The summed E-state index contributed by atoms with van der Waals surface area (Å²) in [5.41, 5.74) is 0.469. The number of methoxy groups -OCH3 is 1. The molecule has 1 amide bonds. The zero-order chi connectivity index (χ0) is 14.0. The maximum Gasteiger partial charge on any atom is 0.328 e. The van der Waals surface area contributed by atoms with Gasteiger partial charge in [-0.3, -0.25) is 4.79 Å². The number of hydrogen-bond donors (Lipinski definition) is 2. The lowest BCUT2D eigenvalue weighted by Crippen LogP contribution is -2.44. The number of rotatable bonds is 6. The van der Waals surface area contributed by atoms with Gasteiger partial charge in [0.05, 0.1) is 6.61 Å². The summed E-state index contributed by atoms with van der Waals surface area (Å²) in [6, 6.07) is 0.996. The van der Waals surface area contributed by atoms with E-state index in [0.29, 0.717) is 11.7 Å². The molecule has 104 valence electrons. The molecule has 1 heterocycles. The molecule has 1 aliphatic rings. The summed E-state index contributed by atoms with van der Waals surface area (Å²) in [5, 5.41) is 11.5. The van der Waals surface area contributed by atoms with Crippen LogP contribution in [0.25, 0.3) is 0 Å². The second kappa shape index (κ2) is 5.75. The lowest BCUT2D eigenvalue weighted by atomic mass is 10.3. The summed E-state index contributed by atoms with van der Waals surface area (Å²) in [7, 11) is 1.39. The summed E-state index contributed by atoms with van der Waals surface area (Å²) >= 11 is 3.33. The van der Waals surface area contributed by atoms with E-state index in [1.807, 2.05) is 10.8 Å². The summed E-state index contributed by atoms with van der Waals surface area (Å²) < 4.78 is 7.47. The minimum Gasteiger partial charge on any atom is -0.480 e. The maximum absolute atomic E-state index is 12.1. The highest BCUT2D eigenvalue weighted by molar-refractivity contribution is 9.10. The predicted molar refractivity (Wildman–Crippen MR) is 71.2 cm³/mol. The van der Waals surface area contributed by atoms with Crippen molar-refractivity contribution >= 4 is 27.8 Å². The van der Waals surface area contributed by atoms with E-state index >= 15 is 0 Å². The van der Waals surface area contributed by atoms with Crippen molar-refractivity contribution in [3.05, 3.63) is 22.4 Å². The van der Waals surface area contributed by atoms with Gasteiger partial charge in [-0.2, -0.15) is 0 Å².